The Morgan fingerprint density at radius 2 is 1.68 bits per heavy atom. The molecule has 0 saturated heterocycles. The fourth-order valence-electron chi connectivity index (χ4n) is 3.76. The summed E-state index contributed by atoms with van der Waals surface area (Å²) in [4.78, 5) is 17.5. The van der Waals surface area contributed by atoms with Crippen LogP contribution in [0.4, 0.5) is 0 Å². The first-order chi connectivity index (χ1) is 15.2. The molecular weight excluding hydrogens is 386 g/mol. The Balaban J connectivity index is 1.51. The molecule has 2 heterocycles. The first-order valence-electron chi connectivity index (χ1n) is 10.2. The number of hydrogen-bond acceptors (Lipinski definition) is 4. The predicted octanol–water partition coefficient (Wildman–Crippen LogP) is 4.23. The van der Waals surface area contributed by atoms with Crippen LogP contribution in [0.2, 0.25) is 0 Å². The lowest BCUT2D eigenvalue weighted by molar-refractivity contribution is 0.0954. The molecular formula is C25H21N5O. The van der Waals surface area contributed by atoms with E-state index in [1.807, 2.05) is 78.1 Å². The van der Waals surface area contributed by atoms with E-state index >= 15 is 0 Å². The van der Waals surface area contributed by atoms with Crippen molar-refractivity contribution in [3.05, 3.63) is 95.7 Å². The van der Waals surface area contributed by atoms with Crippen molar-refractivity contribution < 1.29 is 4.79 Å². The number of nitrogens with one attached hydrogen (secondary N) is 1. The number of nitrogens with zero attached hydrogens (tertiary/aromatic N) is 4. The summed E-state index contributed by atoms with van der Waals surface area (Å²) in [6.07, 6.45) is 0.786. The molecule has 1 N–H and O–H groups in total. The molecule has 0 unspecified atom stereocenters. The molecule has 0 spiro atoms. The van der Waals surface area contributed by atoms with Crippen LogP contribution in [0.25, 0.3) is 28.1 Å². The predicted molar refractivity (Wildman–Crippen MR) is 121 cm³/mol. The van der Waals surface area contributed by atoms with Gasteiger partial charge < -0.3 is 5.32 Å². The maximum atomic E-state index is 12.8. The van der Waals surface area contributed by atoms with E-state index in [0.29, 0.717) is 17.8 Å². The maximum Gasteiger partial charge on any atom is 0.251 e. The zero-order chi connectivity index (χ0) is 21.2. The second kappa shape index (κ2) is 7.99. The first-order valence-corrected chi connectivity index (χ1v) is 10.2. The number of rotatable bonds is 5. The fraction of sp³-hybridized carbons (Fsp3) is 0.120. The van der Waals surface area contributed by atoms with E-state index in [1.165, 1.54) is 5.56 Å². The highest BCUT2D eigenvalue weighted by atomic mass is 16.1. The van der Waals surface area contributed by atoms with E-state index in [-0.39, 0.29) is 5.91 Å². The summed E-state index contributed by atoms with van der Waals surface area (Å²) in [5.74, 6) is 0.619. The number of aromatic nitrogens is 4. The third-order valence-electron chi connectivity index (χ3n) is 5.33. The van der Waals surface area contributed by atoms with Crippen molar-refractivity contribution in [2.75, 3.05) is 6.54 Å². The minimum absolute atomic E-state index is 0.110. The number of amides is 1. The average Bonchev–Trinajstić information content (AvgIpc) is 3.26. The van der Waals surface area contributed by atoms with Gasteiger partial charge in [0.25, 0.3) is 5.91 Å². The standard InChI is InChI=1S/C25H21N5O/c1-17-23-28-29-24(19-10-6-3-7-11-19)30(23)22-16-20(12-13-21(22)27-17)25(31)26-15-14-18-8-4-2-5-9-18/h2-13,16H,14-15H2,1H3,(H,26,31). The minimum Gasteiger partial charge on any atom is -0.352 e. The molecule has 2 aromatic heterocycles. The summed E-state index contributed by atoms with van der Waals surface area (Å²) < 4.78 is 1.98. The fourth-order valence-corrected chi connectivity index (χ4v) is 3.76. The van der Waals surface area contributed by atoms with Crippen molar-refractivity contribution in [1.29, 1.82) is 0 Å². The smallest absolute Gasteiger partial charge is 0.251 e. The Labute approximate surface area is 179 Å². The van der Waals surface area contributed by atoms with Crippen LogP contribution < -0.4 is 5.32 Å². The lowest BCUT2D eigenvalue weighted by Crippen LogP contribution is -2.25. The Kier molecular flexibility index (Phi) is 4.88. The molecule has 0 aliphatic carbocycles. The minimum atomic E-state index is -0.110. The summed E-state index contributed by atoms with van der Waals surface area (Å²) in [6.45, 7) is 2.49. The van der Waals surface area contributed by atoms with Gasteiger partial charge in [0.15, 0.2) is 11.5 Å². The molecule has 0 radical (unpaired) electrons. The van der Waals surface area contributed by atoms with Gasteiger partial charge in [0.1, 0.15) is 0 Å². The molecule has 6 nitrogen and oxygen atoms in total. The quantitative estimate of drug-likeness (QED) is 0.473. The number of fused-ring (bicyclic) bond motifs is 3. The topological polar surface area (TPSA) is 72.2 Å². The van der Waals surface area contributed by atoms with E-state index in [0.717, 1.165) is 34.5 Å². The maximum absolute atomic E-state index is 12.8. The molecule has 0 bridgehead atoms. The van der Waals surface area contributed by atoms with E-state index in [1.54, 1.807) is 0 Å². The van der Waals surface area contributed by atoms with Gasteiger partial charge in [-0.05, 0) is 37.1 Å². The molecule has 0 atom stereocenters. The molecule has 5 aromatic rings. The van der Waals surface area contributed by atoms with E-state index < -0.39 is 0 Å². The highest BCUT2D eigenvalue weighted by molar-refractivity contribution is 5.98. The number of aryl methyl sites for hydroxylation is 1. The van der Waals surface area contributed by atoms with Gasteiger partial charge in [-0.1, -0.05) is 60.7 Å². The largest absolute Gasteiger partial charge is 0.352 e. The second-order valence-electron chi connectivity index (χ2n) is 7.44. The summed E-state index contributed by atoms with van der Waals surface area (Å²) in [5, 5.41) is 11.8. The molecule has 152 valence electrons. The number of carbonyl (C=O) groups excluding carboxylic acids is 1. The van der Waals surface area contributed by atoms with Crippen LogP contribution >= 0.6 is 0 Å². The van der Waals surface area contributed by atoms with Crippen LogP contribution in [0, 0.1) is 6.92 Å². The van der Waals surface area contributed by atoms with Gasteiger partial charge in [0.05, 0.1) is 16.7 Å². The average molecular weight is 407 g/mol. The molecule has 6 heteroatoms. The molecule has 1 amide bonds. The highest BCUT2D eigenvalue weighted by Gasteiger charge is 2.16. The summed E-state index contributed by atoms with van der Waals surface area (Å²) in [5.41, 5.74) is 5.82. The molecule has 0 fully saturated rings. The lowest BCUT2D eigenvalue weighted by Gasteiger charge is -2.09. The van der Waals surface area contributed by atoms with Crippen molar-refractivity contribution in [1.82, 2.24) is 24.9 Å². The van der Waals surface area contributed by atoms with Crippen molar-refractivity contribution in [3.8, 4) is 11.4 Å². The zero-order valence-corrected chi connectivity index (χ0v) is 17.1. The SMILES string of the molecule is Cc1nc2ccc(C(=O)NCCc3ccccc3)cc2n2c(-c3ccccc3)nnc12. The van der Waals surface area contributed by atoms with Crippen molar-refractivity contribution >= 4 is 22.6 Å². The summed E-state index contributed by atoms with van der Waals surface area (Å²) >= 11 is 0. The Morgan fingerprint density at radius 1 is 0.935 bits per heavy atom. The highest BCUT2D eigenvalue weighted by Crippen LogP contribution is 2.25. The first kappa shape index (κ1) is 18.9. The summed E-state index contributed by atoms with van der Waals surface area (Å²) in [6, 6.07) is 25.6. The normalized spacial score (nSPS) is 11.1. The Bertz CT molecular complexity index is 1380. The van der Waals surface area contributed by atoms with Gasteiger partial charge in [-0.25, -0.2) is 4.98 Å². The second-order valence-corrected chi connectivity index (χ2v) is 7.44. The lowest BCUT2D eigenvalue weighted by atomic mass is 10.1. The van der Waals surface area contributed by atoms with Crippen LogP contribution in [0.15, 0.2) is 78.9 Å². The van der Waals surface area contributed by atoms with E-state index in [2.05, 4.69) is 32.6 Å². The molecule has 3 aromatic carbocycles. The van der Waals surface area contributed by atoms with Crippen LogP contribution in [0.3, 0.4) is 0 Å². The van der Waals surface area contributed by atoms with Crippen LogP contribution in [-0.4, -0.2) is 32.0 Å². The van der Waals surface area contributed by atoms with E-state index in [9.17, 15) is 4.79 Å². The molecule has 0 aliphatic rings. The monoisotopic (exact) mass is 407 g/mol. The van der Waals surface area contributed by atoms with Gasteiger partial charge >= 0.3 is 0 Å². The van der Waals surface area contributed by atoms with Gasteiger partial charge in [-0.3, -0.25) is 9.20 Å². The summed E-state index contributed by atoms with van der Waals surface area (Å²) in [7, 11) is 0. The number of benzene rings is 3. The van der Waals surface area contributed by atoms with Crippen LogP contribution in [0.1, 0.15) is 21.6 Å². The molecule has 31 heavy (non-hydrogen) atoms. The van der Waals surface area contributed by atoms with Crippen molar-refractivity contribution in [3.63, 3.8) is 0 Å². The Hall–Kier alpha value is -4.06. The zero-order valence-electron chi connectivity index (χ0n) is 17.1. The van der Waals surface area contributed by atoms with Crippen molar-refractivity contribution in [2.45, 2.75) is 13.3 Å². The number of hydrogen-bond donors (Lipinski definition) is 1. The molecule has 0 aliphatic heterocycles. The Morgan fingerprint density at radius 3 is 2.45 bits per heavy atom. The third-order valence-corrected chi connectivity index (χ3v) is 5.33. The van der Waals surface area contributed by atoms with Crippen LogP contribution in [-0.2, 0) is 6.42 Å². The number of carbonyl (C=O) groups is 1. The van der Waals surface area contributed by atoms with Crippen molar-refractivity contribution in [2.24, 2.45) is 0 Å². The molecule has 0 saturated carbocycles. The van der Waals surface area contributed by atoms with Crippen LogP contribution in [0.5, 0.6) is 0 Å². The van der Waals surface area contributed by atoms with Gasteiger partial charge in [0, 0.05) is 17.7 Å². The van der Waals surface area contributed by atoms with Gasteiger partial charge in [-0.15, -0.1) is 10.2 Å². The van der Waals surface area contributed by atoms with E-state index in [4.69, 9.17) is 0 Å². The van der Waals surface area contributed by atoms with Gasteiger partial charge in [-0.2, -0.15) is 0 Å². The third kappa shape index (κ3) is 3.64. The van der Waals surface area contributed by atoms with Gasteiger partial charge in [0.2, 0.25) is 0 Å². The molecule has 5 rings (SSSR count).